The van der Waals surface area contributed by atoms with Crippen molar-refractivity contribution in [2.45, 2.75) is 39.7 Å². The summed E-state index contributed by atoms with van der Waals surface area (Å²) >= 11 is 0. The van der Waals surface area contributed by atoms with Gasteiger partial charge in [-0.3, -0.25) is 9.59 Å². The molecule has 1 N–H and O–H groups in total. The van der Waals surface area contributed by atoms with Crippen LogP contribution in [0, 0.1) is 12.8 Å². The van der Waals surface area contributed by atoms with E-state index in [0.717, 1.165) is 36.1 Å². The van der Waals surface area contributed by atoms with Crippen molar-refractivity contribution in [3.63, 3.8) is 0 Å². The summed E-state index contributed by atoms with van der Waals surface area (Å²) in [6.07, 6.45) is 8.38. The number of anilines is 1. The minimum atomic E-state index is -0.324. The maximum Gasteiger partial charge on any atom is 0.267 e. The summed E-state index contributed by atoms with van der Waals surface area (Å²) in [4.78, 5) is 28.9. The molecule has 0 fully saturated rings. The lowest BCUT2D eigenvalue weighted by atomic mass is 9.88. The number of amides is 1. The monoisotopic (exact) mass is 378 g/mol. The topological polar surface area (TPSA) is 94.2 Å². The number of hydrogen-bond acceptors (Lipinski definition) is 5. The molecule has 0 aromatic carbocycles. The van der Waals surface area contributed by atoms with Crippen molar-refractivity contribution >= 4 is 22.8 Å². The molecule has 1 aliphatic rings. The highest BCUT2D eigenvalue weighted by atomic mass is 16.2. The van der Waals surface area contributed by atoms with Gasteiger partial charge in [0.05, 0.1) is 17.6 Å². The zero-order valence-corrected chi connectivity index (χ0v) is 15.9. The van der Waals surface area contributed by atoms with E-state index < -0.39 is 0 Å². The van der Waals surface area contributed by atoms with Crippen LogP contribution in [0.4, 0.5) is 5.69 Å². The van der Waals surface area contributed by atoms with Gasteiger partial charge >= 0.3 is 0 Å². The standard InChI is InChI=1S/C20H22N6O2/c1-13-3-5-15(6-4-13)20-14(2)9-19(28)26(24-20)11-18(27)23-16-7-8-17-21-12-22-25(17)10-16/h5,7-10,12-13H,3-4,6,11H2,1-2H3,(H,23,27). The molecule has 1 amide bonds. The van der Waals surface area contributed by atoms with Crippen LogP contribution in [-0.4, -0.2) is 30.3 Å². The van der Waals surface area contributed by atoms with Crippen LogP contribution >= 0.6 is 0 Å². The highest BCUT2D eigenvalue weighted by Crippen LogP contribution is 2.29. The first-order chi connectivity index (χ1) is 13.5. The fourth-order valence-electron chi connectivity index (χ4n) is 3.42. The zero-order valence-electron chi connectivity index (χ0n) is 15.9. The second kappa shape index (κ2) is 7.38. The quantitative estimate of drug-likeness (QED) is 0.752. The Bertz CT molecular complexity index is 1130. The summed E-state index contributed by atoms with van der Waals surface area (Å²) < 4.78 is 2.80. The number of pyridine rings is 1. The molecule has 0 aliphatic heterocycles. The van der Waals surface area contributed by atoms with Gasteiger partial charge in [-0.1, -0.05) is 13.0 Å². The van der Waals surface area contributed by atoms with Crippen LogP contribution in [0.25, 0.3) is 11.2 Å². The van der Waals surface area contributed by atoms with E-state index in [2.05, 4.69) is 33.5 Å². The van der Waals surface area contributed by atoms with Crippen molar-refractivity contribution in [2.24, 2.45) is 5.92 Å². The second-order valence-corrected chi connectivity index (χ2v) is 7.31. The van der Waals surface area contributed by atoms with E-state index in [9.17, 15) is 9.59 Å². The van der Waals surface area contributed by atoms with Gasteiger partial charge in [-0.05, 0) is 55.4 Å². The highest BCUT2D eigenvalue weighted by Gasteiger charge is 2.17. The minimum Gasteiger partial charge on any atom is -0.323 e. The van der Waals surface area contributed by atoms with E-state index in [0.29, 0.717) is 17.3 Å². The van der Waals surface area contributed by atoms with Crippen molar-refractivity contribution < 1.29 is 4.79 Å². The molecule has 3 aromatic heterocycles. The number of rotatable bonds is 4. The zero-order chi connectivity index (χ0) is 19.7. The van der Waals surface area contributed by atoms with Gasteiger partial charge in [0.2, 0.25) is 5.91 Å². The SMILES string of the molecule is Cc1cc(=O)n(CC(=O)Nc2ccc3ncnn3c2)nc1C1=CCC(C)CC1. The molecule has 1 atom stereocenters. The number of fused-ring (bicyclic) bond motifs is 1. The van der Waals surface area contributed by atoms with Crippen LogP contribution in [-0.2, 0) is 11.3 Å². The Morgan fingerprint density at radius 3 is 3.00 bits per heavy atom. The van der Waals surface area contributed by atoms with E-state index in [1.54, 1.807) is 28.9 Å². The van der Waals surface area contributed by atoms with Gasteiger partial charge in [0.15, 0.2) is 5.65 Å². The molecule has 0 saturated carbocycles. The van der Waals surface area contributed by atoms with E-state index >= 15 is 0 Å². The normalized spacial score (nSPS) is 16.8. The van der Waals surface area contributed by atoms with Crippen LogP contribution in [0.1, 0.15) is 37.4 Å². The molecule has 0 bridgehead atoms. The van der Waals surface area contributed by atoms with Gasteiger partial charge in [-0.15, -0.1) is 0 Å². The first-order valence-electron chi connectivity index (χ1n) is 9.37. The average Bonchev–Trinajstić information content (AvgIpc) is 3.12. The molecule has 28 heavy (non-hydrogen) atoms. The van der Waals surface area contributed by atoms with Crippen LogP contribution in [0.2, 0.25) is 0 Å². The highest BCUT2D eigenvalue weighted by molar-refractivity contribution is 5.90. The largest absolute Gasteiger partial charge is 0.323 e. The van der Waals surface area contributed by atoms with Gasteiger partial charge < -0.3 is 5.32 Å². The summed E-state index contributed by atoms with van der Waals surface area (Å²) in [6, 6.07) is 5.05. The Labute approximate surface area is 161 Å². The molecule has 144 valence electrons. The van der Waals surface area contributed by atoms with E-state index in [1.165, 1.54) is 11.0 Å². The summed E-state index contributed by atoms with van der Waals surface area (Å²) in [5.74, 6) is 0.346. The van der Waals surface area contributed by atoms with Gasteiger partial charge in [0.1, 0.15) is 12.9 Å². The Kier molecular flexibility index (Phi) is 4.77. The number of hydrogen-bond donors (Lipinski definition) is 1. The van der Waals surface area contributed by atoms with E-state index in [1.807, 2.05) is 6.92 Å². The lowest BCUT2D eigenvalue weighted by Crippen LogP contribution is -2.30. The van der Waals surface area contributed by atoms with Crippen molar-refractivity contribution in [3.05, 3.63) is 58.4 Å². The summed E-state index contributed by atoms with van der Waals surface area (Å²) in [5, 5.41) is 11.3. The third-order valence-electron chi connectivity index (χ3n) is 5.02. The minimum absolute atomic E-state index is 0.148. The maximum atomic E-state index is 12.5. The van der Waals surface area contributed by atoms with Crippen LogP contribution in [0.15, 0.2) is 41.6 Å². The van der Waals surface area contributed by atoms with Crippen LogP contribution in [0.3, 0.4) is 0 Å². The molecule has 8 heteroatoms. The molecule has 0 spiro atoms. The summed E-state index contributed by atoms with van der Waals surface area (Å²) in [6.45, 7) is 3.97. The van der Waals surface area contributed by atoms with Crippen LogP contribution < -0.4 is 10.9 Å². The van der Waals surface area contributed by atoms with E-state index in [-0.39, 0.29) is 18.0 Å². The Morgan fingerprint density at radius 2 is 2.21 bits per heavy atom. The molecule has 8 nitrogen and oxygen atoms in total. The van der Waals surface area contributed by atoms with Gasteiger partial charge in [0, 0.05) is 6.07 Å². The molecule has 0 saturated heterocycles. The smallest absolute Gasteiger partial charge is 0.267 e. The molecular weight excluding hydrogens is 356 g/mol. The van der Waals surface area contributed by atoms with Crippen molar-refractivity contribution in [2.75, 3.05) is 5.32 Å². The molecule has 0 radical (unpaired) electrons. The van der Waals surface area contributed by atoms with E-state index in [4.69, 9.17) is 0 Å². The van der Waals surface area contributed by atoms with Gasteiger partial charge in [-0.2, -0.15) is 10.2 Å². The number of nitrogens with one attached hydrogen (secondary N) is 1. The summed E-state index contributed by atoms with van der Waals surface area (Å²) in [7, 11) is 0. The lowest BCUT2D eigenvalue weighted by molar-refractivity contribution is -0.117. The number of nitrogens with zero attached hydrogens (tertiary/aromatic N) is 5. The van der Waals surface area contributed by atoms with Crippen molar-refractivity contribution in [1.29, 1.82) is 0 Å². The molecule has 3 heterocycles. The molecule has 4 rings (SSSR count). The lowest BCUT2D eigenvalue weighted by Gasteiger charge is -2.19. The molecule has 3 aromatic rings. The van der Waals surface area contributed by atoms with Crippen molar-refractivity contribution in [3.8, 4) is 0 Å². The van der Waals surface area contributed by atoms with Gasteiger partial charge in [0.25, 0.3) is 5.56 Å². The maximum absolute atomic E-state index is 12.5. The van der Waals surface area contributed by atoms with Crippen LogP contribution in [0.5, 0.6) is 0 Å². The first-order valence-corrected chi connectivity index (χ1v) is 9.37. The first kappa shape index (κ1) is 18.1. The fraction of sp³-hybridized carbons (Fsp3) is 0.350. The summed E-state index contributed by atoms with van der Waals surface area (Å²) in [5.41, 5.74) is 3.79. The third kappa shape index (κ3) is 3.71. The van der Waals surface area contributed by atoms with Crippen molar-refractivity contribution in [1.82, 2.24) is 24.4 Å². The predicted octanol–water partition coefficient (Wildman–Crippen LogP) is 2.44. The Hall–Kier alpha value is -3.29. The average molecular weight is 378 g/mol. The molecular formula is C20H22N6O2. The predicted molar refractivity (Wildman–Crippen MR) is 106 cm³/mol. The Balaban J connectivity index is 1.54. The number of aromatic nitrogens is 5. The number of carbonyl (C=O) groups is 1. The molecule has 1 unspecified atom stereocenters. The number of carbonyl (C=O) groups excluding carboxylic acids is 1. The number of allylic oxidation sites excluding steroid dienone is 2. The Morgan fingerprint density at radius 1 is 1.36 bits per heavy atom. The second-order valence-electron chi connectivity index (χ2n) is 7.31. The molecule has 1 aliphatic carbocycles. The van der Waals surface area contributed by atoms with Gasteiger partial charge in [-0.25, -0.2) is 14.2 Å². The third-order valence-corrected chi connectivity index (χ3v) is 5.02. The number of aryl methyl sites for hydroxylation is 1. The fourth-order valence-corrected chi connectivity index (χ4v) is 3.42.